The fourth-order valence-electron chi connectivity index (χ4n) is 3.80. The average Bonchev–Trinajstić information content (AvgIpc) is 2.88. The summed E-state index contributed by atoms with van der Waals surface area (Å²) in [5.41, 5.74) is 2.20. The minimum Gasteiger partial charge on any atom is -0.481 e. The molecule has 5 rings (SSSR count). The lowest BCUT2D eigenvalue weighted by molar-refractivity contribution is 0.102. The Morgan fingerprint density at radius 2 is 1.86 bits per heavy atom. The predicted octanol–water partition coefficient (Wildman–Crippen LogP) is 4.27. The second kappa shape index (κ2) is 9.27. The number of hydrogen-bond donors (Lipinski definition) is 2. The van der Waals surface area contributed by atoms with Gasteiger partial charge < -0.3 is 14.8 Å². The maximum atomic E-state index is 13.2. The number of rotatable bonds is 3. The lowest BCUT2D eigenvalue weighted by Gasteiger charge is -2.17. The molecule has 0 unspecified atom stereocenters. The number of amides is 1. The van der Waals surface area contributed by atoms with E-state index in [0.29, 0.717) is 46.1 Å². The molecule has 182 valence electrons. The van der Waals surface area contributed by atoms with Gasteiger partial charge in [0.2, 0.25) is 17.7 Å². The molecule has 0 radical (unpaired) electrons. The maximum absolute atomic E-state index is 13.2. The molecule has 0 atom stereocenters. The summed E-state index contributed by atoms with van der Waals surface area (Å²) in [4.78, 5) is 25.9. The number of methoxy groups -OCH3 is 1. The Bertz CT molecular complexity index is 1590. The van der Waals surface area contributed by atoms with Crippen LogP contribution in [-0.2, 0) is 16.4 Å². The van der Waals surface area contributed by atoms with Crippen LogP contribution in [0.1, 0.15) is 22.8 Å². The fraction of sp³-hybridized carbons (Fsp3) is 0.120. The van der Waals surface area contributed by atoms with E-state index >= 15 is 0 Å². The van der Waals surface area contributed by atoms with Gasteiger partial charge in [-0.15, -0.1) is 0 Å². The first-order valence-electron chi connectivity index (χ1n) is 11.0. The second-order valence-corrected chi connectivity index (χ2v) is 9.49. The van der Waals surface area contributed by atoms with Crippen molar-refractivity contribution < 1.29 is 22.7 Å². The number of hydrogen-bond acceptors (Lipinski definition) is 8. The van der Waals surface area contributed by atoms with Gasteiger partial charge in [0.05, 0.1) is 23.3 Å². The van der Waals surface area contributed by atoms with Crippen LogP contribution in [0.15, 0.2) is 71.8 Å². The van der Waals surface area contributed by atoms with Gasteiger partial charge in [0.15, 0.2) is 0 Å². The van der Waals surface area contributed by atoms with E-state index in [1.54, 1.807) is 48.7 Å². The molecular formula is C25H21N5O5S. The van der Waals surface area contributed by atoms with Crippen molar-refractivity contribution in [3.8, 4) is 28.8 Å². The summed E-state index contributed by atoms with van der Waals surface area (Å²) < 4.78 is 40.4. The third kappa shape index (κ3) is 4.43. The number of aromatic nitrogens is 3. The van der Waals surface area contributed by atoms with Crippen molar-refractivity contribution in [3.63, 3.8) is 0 Å². The molecule has 3 heterocycles. The molecule has 1 aliphatic rings. The molecule has 2 aromatic carbocycles. The van der Waals surface area contributed by atoms with Gasteiger partial charge in [-0.05, 0) is 55.0 Å². The van der Waals surface area contributed by atoms with Crippen molar-refractivity contribution in [1.29, 1.82) is 0 Å². The number of ether oxygens (including phenoxy) is 2. The standard InChI is InChI=1S/C25H21N5O5S/c1-3-19-21(20-11-6-12-26-23(20)34-2)28-25-29-24(19)35-17-9-4-7-15(13-17)22(31)27-16-8-5-10-18(14-16)36(32,33)30-25/h4-14H,3H2,1-2H3,(H,27,31)(H,28,29,30). The number of nitrogens with zero attached hydrogens (tertiary/aromatic N) is 3. The lowest BCUT2D eigenvalue weighted by atomic mass is 10.1. The van der Waals surface area contributed by atoms with Gasteiger partial charge in [-0.1, -0.05) is 19.1 Å². The number of fused-ring (bicyclic) bond motifs is 6. The number of anilines is 2. The second-order valence-electron chi connectivity index (χ2n) is 7.81. The molecule has 0 fully saturated rings. The Morgan fingerprint density at radius 3 is 2.67 bits per heavy atom. The van der Waals surface area contributed by atoms with Crippen molar-refractivity contribution in [1.82, 2.24) is 15.0 Å². The fourth-order valence-corrected chi connectivity index (χ4v) is 4.79. The Morgan fingerprint density at radius 1 is 1.03 bits per heavy atom. The van der Waals surface area contributed by atoms with Crippen molar-refractivity contribution in [2.24, 2.45) is 0 Å². The summed E-state index contributed by atoms with van der Waals surface area (Å²) in [7, 11) is -2.62. The van der Waals surface area contributed by atoms with E-state index < -0.39 is 15.9 Å². The highest BCUT2D eigenvalue weighted by Crippen LogP contribution is 2.36. The van der Waals surface area contributed by atoms with Gasteiger partial charge in [-0.25, -0.2) is 23.1 Å². The summed E-state index contributed by atoms with van der Waals surface area (Å²) in [6, 6.07) is 16.0. The molecule has 0 saturated carbocycles. The van der Waals surface area contributed by atoms with E-state index in [1.807, 2.05) is 6.92 Å². The molecule has 10 nitrogen and oxygen atoms in total. The van der Waals surface area contributed by atoms with Gasteiger partial charge in [-0.2, -0.15) is 4.98 Å². The van der Waals surface area contributed by atoms with Gasteiger partial charge in [-0.3, -0.25) is 4.79 Å². The van der Waals surface area contributed by atoms with E-state index in [4.69, 9.17) is 9.47 Å². The molecule has 2 aromatic heterocycles. The first kappa shape index (κ1) is 23.2. The Labute approximate surface area is 207 Å². The number of benzene rings is 2. The minimum atomic E-state index is -4.11. The van der Waals surface area contributed by atoms with Crippen LogP contribution in [0.3, 0.4) is 0 Å². The summed E-state index contributed by atoms with van der Waals surface area (Å²) >= 11 is 0. The topological polar surface area (TPSA) is 132 Å². The number of sulfonamides is 1. The smallest absolute Gasteiger partial charge is 0.264 e. The Hall–Kier alpha value is -4.51. The van der Waals surface area contributed by atoms with E-state index in [0.717, 1.165) is 0 Å². The Balaban J connectivity index is 1.77. The van der Waals surface area contributed by atoms with Crippen molar-refractivity contribution >= 4 is 27.6 Å². The summed E-state index contributed by atoms with van der Waals surface area (Å²) in [5, 5.41) is 2.72. The van der Waals surface area contributed by atoms with Gasteiger partial charge in [0, 0.05) is 23.0 Å². The molecule has 4 aromatic rings. The zero-order chi connectivity index (χ0) is 25.3. The molecule has 6 bridgehead atoms. The summed E-state index contributed by atoms with van der Waals surface area (Å²) in [5.74, 6) is 0.186. The van der Waals surface area contributed by atoms with E-state index in [9.17, 15) is 13.2 Å². The van der Waals surface area contributed by atoms with Crippen molar-refractivity contribution in [3.05, 3.63) is 78.0 Å². The molecule has 11 heteroatoms. The van der Waals surface area contributed by atoms with E-state index in [-0.39, 0.29) is 16.7 Å². The van der Waals surface area contributed by atoms with Crippen LogP contribution in [0.2, 0.25) is 0 Å². The lowest BCUT2D eigenvalue weighted by Crippen LogP contribution is -2.18. The van der Waals surface area contributed by atoms with Crippen LogP contribution in [-0.4, -0.2) is 36.4 Å². The largest absolute Gasteiger partial charge is 0.481 e. The molecule has 0 spiro atoms. The zero-order valence-electron chi connectivity index (χ0n) is 19.3. The molecule has 0 saturated heterocycles. The predicted molar refractivity (Wildman–Crippen MR) is 133 cm³/mol. The van der Waals surface area contributed by atoms with Crippen molar-refractivity contribution in [2.45, 2.75) is 18.2 Å². The SMILES string of the molecule is CCc1c2nc(nc1-c1cccnc1OC)NS(=O)(=O)c1cccc(c1)NC(=O)c1cccc(c1)O2. The summed E-state index contributed by atoms with van der Waals surface area (Å²) in [6.45, 7) is 1.90. The van der Waals surface area contributed by atoms with Gasteiger partial charge in [0.25, 0.3) is 15.9 Å². The van der Waals surface area contributed by atoms with Crippen LogP contribution in [0.4, 0.5) is 11.6 Å². The zero-order valence-corrected chi connectivity index (χ0v) is 20.2. The number of carbonyl (C=O) groups is 1. The first-order valence-corrected chi connectivity index (χ1v) is 12.5. The van der Waals surface area contributed by atoms with E-state index in [2.05, 4.69) is 25.0 Å². The number of carbonyl (C=O) groups excluding carboxylic acids is 1. The molecule has 2 N–H and O–H groups in total. The monoisotopic (exact) mass is 503 g/mol. The highest BCUT2D eigenvalue weighted by molar-refractivity contribution is 7.92. The highest BCUT2D eigenvalue weighted by Gasteiger charge is 2.24. The minimum absolute atomic E-state index is 0.0720. The highest BCUT2D eigenvalue weighted by atomic mass is 32.2. The Kier molecular flexibility index (Phi) is 5.98. The van der Waals surface area contributed by atoms with Crippen molar-refractivity contribution in [2.75, 3.05) is 17.1 Å². The van der Waals surface area contributed by atoms with Crippen LogP contribution in [0.25, 0.3) is 11.3 Å². The third-order valence-electron chi connectivity index (χ3n) is 5.48. The molecule has 0 aliphatic carbocycles. The molecular weight excluding hydrogens is 482 g/mol. The third-order valence-corrected chi connectivity index (χ3v) is 6.81. The maximum Gasteiger partial charge on any atom is 0.264 e. The average molecular weight is 504 g/mol. The first-order chi connectivity index (χ1) is 17.4. The van der Waals surface area contributed by atoms with Crippen LogP contribution in [0, 0.1) is 0 Å². The summed E-state index contributed by atoms with van der Waals surface area (Å²) in [6.07, 6.45) is 2.04. The molecule has 36 heavy (non-hydrogen) atoms. The molecule has 1 amide bonds. The quantitative estimate of drug-likeness (QED) is 0.424. The van der Waals surface area contributed by atoms with Crippen LogP contribution >= 0.6 is 0 Å². The number of nitrogens with one attached hydrogen (secondary N) is 2. The molecule has 1 aliphatic heterocycles. The number of pyridine rings is 1. The van der Waals surface area contributed by atoms with Gasteiger partial charge >= 0.3 is 0 Å². The van der Waals surface area contributed by atoms with Gasteiger partial charge in [0.1, 0.15) is 5.75 Å². The van der Waals surface area contributed by atoms with Crippen LogP contribution in [0.5, 0.6) is 17.5 Å². The van der Waals surface area contributed by atoms with E-state index in [1.165, 1.54) is 25.3 Å². The normalized spacial score (nSPS) is 14.0. The van der Waals surface area contributed by atoms with Crippen LogP contribution < -0.4 is 19.5 Å².